The topological polar surface area (TPSA) is 315 Å². The third-order valence-electron chi connectivity index (χ3n) is 2.51. The minimum atomic E-state index is -2.28. The van der Waals surface area contributed by atoms with Crippen molar-refractivity contribution in [3.8, 4) is 0 Å². The van der Waals surface area contributed by atoms with Gasteiger partial charge < -0.3 is 81.0 Å². The first-order valence-corrected chi connectivity index (χ1v) is 7.08. The largest absolute Gasteiger partial charge is 1.00 e. The second-order valence-corrected chi connectivity index (χ2v) is 4.93. The van der Waals surface area contributed by atoms with E-state index in [2.05, 4.69) is 4.89 Å². The molecular weight excluding hydrogens is 505 g/mol. The molecule has 0 amide bonds. The molecule has 6 atom stereocenters. The number of carboxylic acids is 2. The SMILES string of the molecule is CC(O)C(O)C(O)O.Cl.O=C([O-])C(O)C(O)C(O)O.O=C([O-])C(O)C(O)CO[O-].[Na+].[Na+].[Na+]. The Kier molecular flexibility index (Phi) is 45.8. The van der Waals surface area contributed by atoms with Crippen LogP contribution in [-0.4, -0.2) is 119 Å². The van der Waals surface area contributed by atoms with Crippen LogP contribution in [0.25, 0.3) is 0 Å². The van der Waals surface area contributed by atoms with E-state index in [0.29, 0.717) is 0 Å². The fraction of sp³-hybridized carbons (Fsp3) is 0.833. The molecule has 0 saturated carbocycles. The summed E-state index contributed by atoms with van der Waals surface area (Å²) in [5.74, 6) is -3.80. The normalized spacial score (nSPS) is 15.1. The first-order valence-electron chi connectivity index (χ1n) is 7.08. The number of aliphatic hydroxyl groups is 10. The van der Waals surface area contributed by atoms with E-state index in [1.54, 1.807) is 0 Å². The Balaban J connectivity index is -0.0000000555. The number of halogens is 1. The van der Waals surface area contributed by atoms with Crippen LogP contribution in [0.5, 0.6) is 0 Å². The summed E-state index contributed by atoms with van der Waals surface area (Å²) < 4.78 is 0. The first kappa shape index (κ1) is 50.6. The molecule has 0 spiro atoms. The molecule has 0 rings (SSSR count). The van der Waals surface area contributed by atoms with Gasteiger partial charge in [-0.2, -0.15) is 0 Å². The predicted octanol–water partition coefficient (Wildman–Crippen LogP) is -19.0. The number of aliphatic carboxylic acids is 2. The quantitative estimate of drug-likeness (QED) is 0.0574. The predicted molar refractivity (Wildman–Crippen MR) is 81.4 cm³/mol. The molecule has 32 heavy (non-hydrogen) atoms. The van der Waals surface area contributed by atoms with Gasteiger partial charge in [-0.25, -0.2) is 0 Å². The molecule has 20 heteroatoms. The number of carbonyl (C=O) groups excluding carboxylic acids is 2. The van der Waals surface area contributed by atoms with Crippen LogP contribution in [0.4, 0.5) is 0 Å². The van der Waals surface area contributed by atoms with Gasteiger partial charge in [0.1, 0.15) is 30.5 Å². The van der Waals surface area contributed by atoms with Crippen LogP contribution in [-0.2, 0) is 14.5 Å². The monoisotopic (exact) mass is 528 g/mol. The van der Waals surface area contributed by atoms with Crippen LogP contribution in [0.1, 0.15) is 6.92 Å². The maximum atomic E-state index is 9.74. The van der Waals surface area contributed by atoms with Crippen molar-refractivity contribution in [3.05, 3.63) is 0 Å². The van der Waals surface area contributed by atoms with Crippen LogP contribution >= 0.6 is 12.4 Å². The number of hydrogen-bond acceptors (Lipinski definition) is 16. The number of carboxylic acid groups (broad SMARTS) is 2. The van der Waals surface area contributed by atoms with E-state index in [1.807, 2.05) is 0 Å². The standard InChI is InChI=1S/2C4H8O6.C4H10O4.ClH.3Na/c5-2(1-10-9)3(6)4(7)8;5-1(3(7)8)2(6)4(9)10;1-2(5)3(6)4(7)8;;;;/h2-3,5-6,9H,1H2,(H,7,8);1-3,5-8H,(H,9,10);2-8H,1H3;1H;;;/q;;;;3*+1/p-3. The van der Waals surface area contributed by atoms with Crippen molar-refractivity contribution >= 4 is 24.3 Å². The average molecular weight is 529 g/mol. The minimum Gasteiger partial charge on any atom is -0.723 e. The Morgan fingerprint density at radius 3 is 1.16 bits per heavy atom. The Bertz CT molecular complexity index is 425. The molecule has 0 saturated heterocycles. The maximum absolute atomic E-state index is 9.74. The van der Waals surface area contributed by atoms with E-state index < -0.39 is 67.7 Å². The molecule has 0 aromatic heterocycles. The molecule has 16 nitrogen and oxygen atoms in total. The van der Waals surface area contributed by atoms with Gasteiger partial charge in [0.25, 0.3) is 0 Å². The number of aliphatic hydroxyl groups excluding tert-OH is 8. The first-order chi connectivity index (χ1) is 12.6. The Hall–Kier alpha value is 1.75. The van der Waals surface area contributed by atoms with Crippen LogP contribution in [0.15, 0.2) is 0 Å². The number of rotatable bonds is 9. The summed E-state index contributed by atoms with van der Waals surface area (Å²) in [7, 11) is 0. The summed E-state index contributed by atoms with van der Waals surface area (Å²) in [6.45, 7) is 0.485. The molecule has 6 unspecified atom stereocenters. The zero-order valence-corrected chi connectivity index (χ0v) is 24.5. The van der Waals surface area contributed by atoms with Gasteiger partial charge >= 0.3 is 88.7 Å². The number of carbonyl (C=O) groups is 2. The third-order valence-corrected chi connectivity index (χ3v) is 2.51. The van der Waals surface area contributed by atoms with Gasteiger partial charge in [-0.1, -0.05) is 0 Å². The third kappa shape index (κ3) is 28.0. The second kappa shape index (κ2) is 29.0. The summed E-state index contributed by atoms with van der Waals surface area (Å²) in [5, 5.41) is 112. The van der Waals surface area contributed by atoms with E-state index in [-0.39, 0.29) is 101 Å². The molecule has 10 N–H and O–H groups in total. The summed E-state index contributed by atoms with van der Waals surface area (Å²) in [6.07, 6.45) is -14.9. The van der Waals surface area contributed by atoms with Crippen molar-refractivity contribution in [2.24, 2.45) is 0 Å². The van der Waals surface area contributed by atoms with Gasteiger partial charge in [-0.15, -0.1) is 12.4 Å². The van der Waals surface area contributed by atoms with Gasteiger partial charge in [0.2, 0.25) is 0 Å². The van der Waals surface area contributed by atoms with Gasteiger partial charge in [0, 0.05) is 0 Å². The van der Waals surface area contributed by atoms with Crippen molar-refractivity contribution in [2.75, 3.05) is 6.61 Å². The fourth-order valence-electron chi connectivity index (χ4n) is 0.870. The van der Waals surface area contributed by atoms with E-state index in [1.165, 1.54) is 6.92 Å². The van der Waals surface area contributed by atoms with E-state index in [0.717, 1.165) is 0 Å². The van der Waals surface area contributed by atoms with E-state index in [9.17, 15) is 25.1 Å². The fourth-order valence-corrected chi connectivity index (χ4v) is 0.870. The molecule has 0 fully saturated rings. The minimum absolute atomic E-state index is 0. The van der Waals surface area contributed by atoms with Gasteiger partial charge in [-0.05, 0) is 6.92 Å². The maximum Gasteiger partial charge on any atom is 1.00 e. The van der Waals surface area contributed by atoms with E-state index >= 15 is 0 Å². The molecule has 0 radical (unpaired) electrons. The molecule has 0 aromatic rings. The van der Waals surface area contributed by atoms with Gasteiger partial charge in [0.05, 0.1) is 24.6 Å². The molecule has 0 bridgehead atoms. The zero-order valence-electron chi connectivity index (χ0n) is 17.7. The summed E-state index contributed by atoms with van der Waals surface area (Å²) in [6, 6.07) is 0. The van der Waals surface area contributed by atoms with Crippen molar-refractivity contribution in [2.45, 2.75) is 56.1 Å². The Morgan fingerprint density at radius 1 is 0.719 bits per heavy atom. The average Bonchev–Trinajstić information content (AvgIpc) is 2.59. The Labute approximate surface area is 254 Å². The molecule has 0 heterocycles. The van der Waals surface area contributed by atoms with Crippen molar-refractivity contribution in [1.82, 2.24) is 0 Å². The van der Waals surface area contributed by atoms with Crippen molar-refractivity contribution in [1.29, 1.82) is 0 Å². The van der Waals surface area contributed by atoms with Gasteiger partial charge in [-0.3, -0.25) is 0 Å². The van der Waals surface area contributed by atoms with E-state index in [4.69, 9.17) is 51.1 Å². The van der Waals surface area contributed by atoms with Crippen LogP contribution in [0.2, 0.25) is 0 Å². The van der Waals surface area contributed by atoms with Crippen LogP contribution < -0.4 is 104 Å². The molecular formula is C12H24ClNa3O16. The summed E-state index contributed by atoms with van der Waals surface area (Å²) in [5.41, 5.74) is 0. The second-order valence-electron chi connectivity index (χ2n) is 4.93. The molecule has 0 aliphatic rings. The van der Waals surface area contributed by atoms with Crippen molar-refractivity contribution < 1.29 is 170 Å². The summed E-state index contributed by atoms with van der Waals surface area (Å²) in [4.78, 5) is 22.6. The van der Waals surface area contributed by atoms with Crippen LogP contribution in [0, 0.1) is 0 Å². The van der Waals surface area contributed by atoms with Gasteiger partial charge in [0.15, 0.2) is 12.6 Å². The zero-order chi connectivity index (χ0) is 23.2. The summed E-state index contributed by atoms with van der Waals surface area (Å²) >= 11 is 0. The Morgan fingerprint density at radius 2 is 1.03 bits per heavy atom. The smallest absolute Gasteiger partial charge is 0.723 e. The molecule has 0 aliphatic carbocycles. The molecule has 0 aromatic carbocycles. The van der Waals surface area contributed by atoms with Crippen molar-refractivity contribution in [3.63, 3.8) is 0 Å². The number of hydrogen-bond donors (Lipinski definition) is 10. The van der Waals surface area contributed by atoms with Crippen LogP contribution in [0.3, 0.4) is 0 Å². The molecule has 0 aliphatic heterocycles. The molecule has 178 valence electrons.